The van der Waals surface area contributed by atoms with Gasteiger partial charge in [-0.2, -0.15) is 0 Å². The molecule has 0 saturated carbocycles. The molecule has 0 aliphatic carbocycles. The average Bonchev–Trinajstić information content (AvgIpc) is 2.34. The molecule has 1 aromatic heterocycles. The van der Waals surface area contributed by atoms with Crippen molar-refractivity contribution in [3.8, 4) is 0 Å². The first kappa shape index (κ1) is 14.1. The Labute approximate surface area is 104 Å². The molecule has 96 valence electrons. The Morgan fingerprint density at radius 3 is 2.65 bits per heavy atom. The van der Waals surface area contributed by atoms with Gasteiger partial charge in [0.1, 0.15) is 0 Å². The molecule has 2 unspecified atom stereocenters. The molecular weight excluding hydrogens is 214 g/mol. The van der Waals surface area contributed by atoms with Crippen molar-refractivity contribution in [1.82, 2.24) is 10.4 Å². The van der Waals surface area contributed by atoms with Crippen LogP contribution in [0.5, 0.6) is 0 Å². The van der Waals surface area contributed by atoms with Gasteiger partial charge >= 0.3 is 0 Å². The maximum absolute atomic E-state index is 5.76. The molecule has 0 aromatic carbocycles. The van der Waals surface area contributed by atoms with Crippen molar-refractivity contribution in [1.29, 1.82) is 0 Å². The van der Waals surface area contributed by atoms with Gasteiger partial charge in [-0.25, -0.2) is 0 Å². The molecular formula is C13H23N3O. The van der Waals surface area contributed by atoms with Crippen LogP contribution in [0.2, 0.25) is 0 Å². The van der Waals surface area contributed by atoms with E-state index in [0.29, 0.717) is 12.5 Å². The van der Waals surface area contributed by atoms with Gasteiger partial charge in [0.2, 0.25) is 0 Å². The van der Waals surface area contributed by atoms with Crippen LogP contribution >= 0.6 is 0 Å². The zero-order chi connectivity index (χ0) is 12.7. The fourth-order valence-corrected chi connectivity index (χ4v) is 1.98. The van der Waals surface area contributed by atoms with Crippen LogP contribution in [0.25, 0.3) is 0 Å². The van der Waals surface area contributed by atoms with Crippen LogP contribution in [0, 0.1) is 5.92 Å². The number of hydrogen-bond donors (Lipinski definition) is 2. The second kappa shape index (κ2) is 7.37. The monoisotopic (exact) mass is 237 g/mol. The first-order chi connectivity index (χ1) is 8.19. The molecule has 0 bridgehead atoms. The van der Waals surface area contributed by atoms with Crippen LogP contribution in [0.1, 0.15) is 26.5 Å². The van der Waals surface area contributed by atoms with Crippen LogP contribution in [-0.4, -0.2) is 23.7 Å². The summed E-state index contributed by atoms with van der Waals surface area (Å²) in [4.78, 5) is 4.32. The van der Waals surface area contributed by atoms with Gasteiger partial charge < -0.3 is 4.74 Å². The van der Waals surface area contributed by atoms with E-state index in [4.69, 9.17) is 10.6 Å². The van der Waals surface area contributed by atoms with Gasteiger partial charge in [0, 0.05) is 24.9 Å². The smallest absolute Gasteiger partial charge is 0.0767 e. The summed E-state index contributed by atoms with van der Waals surface area (Å²) in [6.45, 7) is 6.99. The second-order valence-corrected chi connectivity index (χ2v) is 4.46. The highest BCUT2D eigenvalue weighted by Crippen LogP contribution is 2.14. The number of pyridine rings is 1. The highest BCUT2D eigenvalue weighted by Gasteiger charge is 2.24. The number of nitrogens with two attached hydrogens (primary N) is 1. The third-order valence-corrected chi connectivity index (χ3v) is 2.78. The maximum Gasteiger partial charge on any atom is 0.0767 e. The van der Waals surface area contributed by atoms with E-state index in [1.165, 1.54) is 0 Å². The minimum Gasteiger partial charge on any atom is -0.377 e. The third-order valence-electron chi connectivity index (χ3n) is 2.78. The lowest BCUT2D eigenvalue weighted by atomic mass is 9.96. The zero-order valence-electron chi connectivity index (χ0n) is 10.9. The molecule has 0 aliphatic heterocycles. The Balaban J connectivity index is 2.69. The first-order valence-electron chi connectivity index (χ1n) is 6.16. The van der Waals surface area contributed by atoms with Gasteiger partial charge in [0.25, 0.3) is 0 Å². The Hall–Kier alpha value is -0.970. The molecule has 0 saturated heterocycles. The lowest BCUT2D eigenvalue weighted by Crippen LogP contribution is -2.49. The van der Waals surface area contributed by atoms with E-state index < -0.39 is 0 Å². The van der Waals surface area contributed by atoms with Crippen molar-refractivity contribution in [2.75, 3.05) is 6.61 Å². The Kier molecular flexibility index (Phi) is 6.11. The topological polar surface area (TPSA) is 60.2 Å². The molecule has 4 heteroatoms. The maximum atomic E-state index is 5.76. The molecule has 0 radical (unpaired) electrons. The van der Waals surface area contributed by atoms with E-state index in [1.807, 2.05) is 25.1 Å². The van der Waals surface area contributed by atoms with Gasteiger partial charge in [0.15, 0.2) is 0 Å². The summed E-state index contributed by atoms with van der Waals surface area (Å²) in [6.07, 6.45) is 2.68. The van der Waals surface area contributed by atoms with E-state index in [9.17, 15) is 0 Å². The minimum absolute atomic E-state index is 0.0878. The van der Waals surface area contributed by atoms with Crippen LogP contribution in [0.4, 0.5) is 0 Å². The lowest BCUT2D eigenvalue weighted by molar-refractivity contribution is 0.00334. The summed E-state index contributed by atoms with van der Waals surface area (Å²) in [7, 11) is 0. The molecule has 0 amide bonds. The lowest BCUT2D eigenvalue weighted by Gasteiger charge is -2.29. The predicted molar refractivity (Wildman–Crippen MR) is 69.3 cm³/mol. The Bertz CT molecular complexity index is 303. The number of aromatic nitrogens is 1. The quantitative estimate of drug-likeness (QED) is 0.557. The molecule has 2 atom stereocenters. The molecule has 0 spiro atoms. The Morgan fingerprint density at radius 1 is 1.41 bits per heavy atom. The number of hydrazine groups is 1. The summed E-state index contributed by atoms with van der Waals surface area (Å²) in [6, 6.07) is 6.00. The average molecular weight is 237 g/mol. The van der Waals surface area contributed by atoms with Crippen molar-refractivity contribution >= 4 is 0 Å². The fraction of sp³-hybridized carbons (Fsp3) is 0.615. The minimum atomic E-state index is 0.0878. The number of hydrogen-bond acceptors (Lipinski definition) is 4. The first-order valence-corrected chi connectivity index (χ1v) is 6.16. The van der Waals surface area contributed by atoms with Gasteiger partial charge in [0.05, 0.1) is 12.1 Å². The van der Waals surface area contributed by atoms with E-state index >= 15 is 0 Å². The van der Waals surface area contributed by atoms with Crippen LogP contribution < -0.4 is 11.3 Å². The summed E-state index contributed by atoms with van der Waals surface area (Å²) < 4.78 is 5.76. The third kappa shape index (κ3) is 4.42. The van der Waals surface area contributed by atoms with Crippen molar-refractivity contribution in [3.63, 3.8) is 0 Å². The second-order valence-electron chi connectivity index (χ2n) is 4.46. The molecule has 1 heterocycles. The normalized spacial score (nSPS) is 14.9. The molecule has 0 aliphatic rings. The molecule has 17 heavy (non-hydrogen) atoms. The molecule has 4 nitrogen and oxygen atoms in total. The van der Waals surface area contributed by atoms with Crippen LogP contribution in [0.3, 0.4) is 0 Å². The summed E-state index contributed by atoms with van der Waals surface area (Å²) in [5.41, 5.74) is 3.88. The summed E-state index contributed by atoms with van der Waals surface area (Å²) in [5.74, 6) is 6.05. The number of nitrogens with one attached hydrogen (secondary N) is 1. The molecule has 1 rings (SSSR count). The van der Waals surface area contributed by atoms with Gasteiger partial charge in [-0.05, 0) is 25.0 Å². The highest BCUT2D eigenvalue weighted by molar-refractivity contribution is 5.06. The number of rotatable bonds is 7. The van der Waals surface area contributed by atoms with Crippen molar-refractivity contribution in [2.45, 2.75) is 39.3 Å². The Morgan fingerprint density at radius 2 is 2.18 bits per heavy atom. The van der Waals surface area contributed by atoms with E-state index in [1.54, 1.807) is 6.20 Å². The predicted octanol–water partition coefficient (Wildman–Crippen LogP) is 1.52. The van der Waals surface area contributed by atoms with Crippen LogP contribution in [-0.2, 0) is 11.2 Å². The zero-order valence-corrected chi connectivity index (χ0v) is 10.9. The van der Waals surface area contributed by atoms with E-state index in [0.717, 1.165) is 12.1 Å². The van der Waals surface area contributed by atoms with Gasteiger partial charge in [-0.1, -0.05) is 19.9 Å². The van der Waals surface area contributed by atoms with E-state index in [-0.39, 0.29) is 12.1 Å². The van der Waals surface area contributed by atoms with E-state index in [2.05, 4.69) is 24.3 Å². The summed E-state index contributed by atoms with van der Waals surface area (Å²) >= 11 is 0. The van der Waals surface area contributed by atoms with Gasteiger partial charge in [-0.3, -0.25) is 16.3 Å². The molecule has 3 N–H and O–H groups in total. The number of ether oxygens (including phenoxy) is 1. The van der Waals surface area contributed by atoms with Crippen molar-refractivity contribution in [2.24, 2.45) is 11.8 Å². The largest absolute Gasteiger partial charge is 0.377 e. The highest BCUT2D eigenvalue weighted by atomic mass is 16.5. The van der Waals surface area contributed by atoms with Gasteiger partial charge in [-0.15, -0.1) is 0 Å². The molecule has 0 fully saturated rings. The standard InChI is InChI=1S/C13H23N3O/c1-4-17-13(10(2)3)12(16-14)9-11-7-5-6-8-15-11/h5-8,10,12-13,16H,4,9,14H2,1-3H3. The van der Waals surface area contributed by atoms with Crippen molar-refractivity contribution in [3.05, 3.63) is 30.1 Å². The fourth-order valence-electron chi connectivity index (χ4n) is 1.98. The SMILES string of the molecule is CCOC(C(C)C)C(Cc1ccccn1)NN. The van der Waals surface area contributed by atoms with Crippen LogP contribution in [0.15, 0.2) is 24.4 Å². The number of nitrogens with zero attached hydrogens (tertiary/aromatic N) is 1. The van der Waals surface area contributed by atoms with Crippen molar-refractivity contribution < 1.29 is 4.74 Å². The summed E-state index contributed by atoms with van der Waals surface area (Å²) in [5, 5.41) is 0. The molecule has 1 aromatic rings.